The Labute approximate surface area is 114 Å². The molecule has 0 aliphatic heterocycles. The lowest BCUT2D eigenvalue weighted by atomic mass is 10.2. The number of thioether (sulfide) groups is 1. The van der Waals surface area contributed by atoms with Crippen molar-refractivity contribution in [2.75, 3.05) is 13.1 Å². The molecule has 0 aromatic carbocycles. The van der Waals surface area contributed by atoms with Gasteiger partial charge in [-0.1, -0.05) is 0 Å². The van der Waals surface area contributed by atoms with Crippen LogP contribution in [0.2, 0.25) is 0 Å². The van der Waals surface area contributed by atoms with Gasteiger partial charge in [0, 0.05) is 18.0 Å². The van der Waals surface area contributed by atoms with Crippen molar-refractivity contribution in [2.45, 2.75) is 16.5 Å². The molecule has 10 heteroatoms. The van der Waals surface area contributed by atoms with Gasteiger partial charge in [0.15, 0.2) is 0 Å². The van der Waals surface area contributed by atoms with Crippen molar-refractivity contribution in [3.8, 4) is 0 Å². The van der Waals surface area contributed by atoms with Crippen molar-refractivity contribution in [2.24, 2.45) is 5.73 Å². The van der Waals surface area contributed by atoms with Gasteiger partial charge in [-0.2, -0.15) is 13.2 Å². The third-order valence-corrected chi connectivity index (χ3v) is 2.78. The Balaban J connectivity index is 2.83. The number of carbonyl (C=O) groups excluding carboxylic acids is 1. The van der Waals surface area contributed by atoms with Crippen molar-refractivity contribution in [3.63, 3.8) is 0 Å². The Morgan fingerprint density at radius 1 is 1.35 bits per heavy atom. The minimum atomic E-state index is -4.63. The lowest BCUT2D eigenvalue weighted by Gasteiger charge is -2.15. The molecule has 1 heterocycles. The smallest absolute Gasteiger partial charge is 0.346 e. The molecule has 20 heavy (non-hydrogen) atoms. The second kappa shape index (κ2) is 6.35. The second-order valence-corrected chi connectivity index (χ2v) is 4.70. The van der Waals surface area contributed by atoms with Gasteiger partial charge in [0.2, 0.25) is 0 Å². The molecule has 0 bridgehead atoms. The van der Waals surface area contributed by atoms with Gasteiger partial charge in [-0.15, -0.1) is 0 Å². The first-order chi connectivity index (χ1) is 9.14. The van der Waals surface area contributed by atoms with Gasteiger partial charge < -0.3 is 11.1 Å². The lowest BCUT2D eigenvalue weighted by Crippen LogP contribution is -2.41. The number of nitrogens with two attached hydrogens (primary N) is 1. The number of aromatic nitrogens is 1. The summed E-state index contributed by atoms with van der Waals surface area (Å²) in [7, 11) is 0. The normalized spacial score (nSPS) is 12.3. The molecular formula is C10H10F5N3OS. The van der Waals surface area contributed by atoms with Crippen LogP contribution in [-0.4, -0.2) is 35.4 Å². The van der Waals surface area contributed by atoms with Gasteiger partial charge in [0.1, 0.15) is 5.03 Å². The van der Waals surface area contributed by atoms with Crippen LogP contribution in [0, 0.1) is 0 Å². The SMILES string of the molecule is NCC(F)(F)CNC(=O)c1cccnc1SC(F)(F)F. The van der Waals surface area contributed by atoms with Gasteiger partial charge in [0.25, 0.3) is 11.8 Å². The summed E-state index contributed by atoms with van der Waals surface area (Å²) in [5, 5.41) is 1.22. The van der Waals surface area contributed by atoms with Crippen LogP contribution in [0.25, 0.3) is 0 Å². The molecule has 0 saturated carbocycles. The fourth-order valence-electron chi connectivity index (χ4n) is 1.13. The van der Waals surface area contributed by atoms with Gasteiger partial charge in [-0.3, -0.25) is 4.79 Å². The highest BCUT2D eigenvalue weighted by Gasteiger charge is 2.33. The highest BCUT2D eigenvalue weighted by molar-refractivity contribution is 8.00. The number of hydrogen-bond donors (Lipinski definition) is 2. The van der Waals surface area contributed by atoms with E-state index in [1.807, 2.05) is 5.32 Å². The van der Waals surface area contributed by atoms with Crippen molar-refractivity contribution >= 4 is 17.7 Å². The number of nitrogens with one attached hydrogen (secondary N) is 1. The molecule has 0 unspecified atom stereocenters. The minimum Gasteiger partial charge on any atom is -0.346 e. The summed E-state index contributed by atoms with van der Waals surface area (Å²) in [4.78, 5) is 15.0. The standard InChI is InChI=1S/C10H10F5N3OS/c11-9(12,4-16)5-18-7(19)6-2-1-3-17-8(6)20-10(13,14)15/h1-3H,4-5,16H2,(H,18,19). The molecule has 0 fully saturated rings. The third kappa shape index (κ3) is 5.29. The molecule has 0 aliphatic rings. The van der Waals surface area contributed by atoms with Crippen LogP contribution in [0.15, 0.2) is 23.4 Å². The zero-order chi connectivity index (χ0) is 15.4. The minimum absolute atomic E-state index is 0.428. The third-order valence-electron chi connectivity index (χ3n) is 2.03. The Bertz CT molecular complexity index is 480. The van der Waals surface area contributed by atoms with Gasteiger partial charge in [0.05, 0.1) is 18.7 Å². The average Bonchev–Trinajstić information content (AvgIpc) is 2.35. The second-order valence-electron chi connectivity index (χ2n) is 3.65. The summed E-state index contributed by atoms with van der Waals surface area (Å²) in [6.07, 6.45) is 1.07. The fraction of sp³-hybridized carbons (Fsp3) is 0.400. The van der Waals surface area contributed by atoms with E-state index in [0.717, 1.165) is 12.3 Å². The molecule has 0 spiro atoms. The van der Waals surface area contributed by atoms with E-state index in [1.54, 1.807) is 0 Å². The molecule has 0 aliphatic carbocycles. The van der Waals surface area contributed by atoms with E-state index in [4.69, 9.17) is 5.73 Å². The van der Waals surface area contributed by atoms with Gasteiger partial charge in [-0.25, -0.2) is 13.8 Å². The number of alkyl halides is 5. The van der Waals surface area contributed by atoms with Crippen molar-refractivity contribution < 1.29 is 26.7 Å². The van der Waals surface area contributed by atoms with Crippen LogP contribution in [0.1, 0.15) is 10.4 Å². The molecule has 0 saturated heterocycles. The van der Waals surface area contributed by atoms with Crippen molar-refractivity contribution in [1.29, 1.82) is 0 Å². The van der Waals surface area contributed by atoms with Crippen LogP contribution in [0.4, 0.5) is 22.0 Å². The first kappa shape index (κ1) is 16.6. The predicted molar refractivity (Wildman–Crippen MR) is 62.5 cm³/mol. The summed E-state index contributed by atoms with van der Waals surface area (Å²) in [6, 6.07) is 2.30. The van der Waals surface area contributed by atoms with E-state index in [0.29, 0.717) is 0 Å². The van der Waals surface area contributed by atoms with Crippen LogP contribution >= 0.6 is 11.8 Å². The molecule has 1 rings (SSSR count). The summed E-state index contributed by atoms with van der Waals surface area (Å²) in [6.45, 7) is -2.04. The Morgan fingerprint density at radius 2 is 2.00 bits per heavy atom. The predicted octanol–water partition coefficient (Wildman–Crippen LogP) is 2.02. The maximum Gasteiger partial charge on any atom is 0.447 e. The van der Waals surface area contributed by atoms with E-state index in [2.05, 4.69) is 4.98 Å². The number of hydrogen-bond acceptors (Lipinski definition) is 4. The number of nitrogens with zero attached hydrogens (tertiary/aromatic N) is 1. The first-order valence-corrected chi connectivity index (χ1v) is 6.03. The van der Waals surface area contributed by atoms with Gasteiger partial charge in [-0.05, 0) is 12.1 Å². The average molecular weight is 315 g/mol. The molecule has 4 nitrogen and oxygen atoms in total. The summed E-state index contributed by atoms with van der Waals surface area (Å²) in [5.74, 6) is -4.40. The van der Waals surface area contributed by atoms with Crippen molar-refractivity contribution in [3.05, 3.63) is 23.9 Å². The molecule has 3 N–H and O–H groups in total. The monoisotopic (exact) mass is 315 g/mol. The summed E-state index contributed by atoms with van der Waals surface area (Å²) in [5.41, 5.74) is -0.285. The quantitative estimate of drug-likeness (QED) is 0.644. The topological polar surface area (TPSA) is 68.0 Å². The molecule has 0 radical (unpaired) electrons. The van der Waals surface area contributed by atoms with Crippen molar-refractivity contribution in [1.82, 2.24) is 10.3 Å². The lowest BCUT2D eigenvalue weighted by molar-refractivity contribution is -0.0329. The maximum absolute atomic E-state index is 12.9. The van der Waals surface area contributed by atoms with Crippen LogP contribution in [0.3, 0.4) is 0 Å². The molecule has 1 aromatic rings. The molecular weight excluding hydrogens is 305 g/mol. The van der Waals surface area contributed by atoms with E-state index in [-0.39, 0.29) is 0 Å². The molecule has 1 amide bonds. The van der Waals surface area contributed by atoms with Crippen LogP contribution in [0.5, 0.6) is 0 Å². The van der Waals surface area contributed by atoms with Gasteiger partial charge >= 0.3 is 5.51 Å². The molecule has 1 aromatic heterocycles. The Hall–Kier alpha value is -1.42. The Kier molecular flexibility index (Phi) is 5.28. The van der Waals surface area contributed by atoms with Crippen LogP contribution in [-0.2, 0) is 0 Å². The number of halogens is 5. The molecule has 0 atom stereocenters. The highest BCUT2D eigenvalue weighted by Crippen LogP contribution is 2.37. The fourth-order valence-corrected chi connectivity index (χ4v) is 1.74. The van der Waals surface area contributed by atoms with E-state index in [1.165, 1.54) is 6.07 Å². The zero-order valence-corrected chi connectivity index (χ0v) is 10.7. The number of amides is 1. The van der Waals surface area contributed by atoms with Crippen LogP contribution < -0.4 is 11.1 Å². The number of carbonyl (C=O) groups is 1. The van der Waals surface area contributed by atoms with E-state index in [9.17, 15) is 26.7 Å². The summed E-state index contributed by atoms with van der Waals surface area (Å²) >= 11 is -0.589. The number of pyridine rings is 1. The highest BCUT2D eigenvalue weighted by atomic mass is 32.2. The zero-order valence-electron chi connectivity index (χ0n) is 9.88. The maximum atomic E-state index is 12.9. The van der Waals surface area contributed by atoms with E-state index < -0.39 is 52.8 Å². The van der Waals surface area contributed by atoms with E-state index >= 15 is 0 Å². The number of rotatable bonds is 5. The summed E-state index contributed by atoms with van der Waals surface area (Å²) < 4.78 is 62.5. The Morgan fingerprint density at radius 3 is 2.55 bits per heavy atom. The molecule has 112 valence electrons. The first-order valence-electron chi connectivity index (χ1n) is 5.21. The largest absolute Gasteiger partial charge is 0.447 e.